The van der Waals surface area contributed by atoms with E-state index in [0.29, 0.717) is 35.8 Å². The van der Waals surface area contributed by atoms with E-state index in [1.807, 2.05) is 38.1 Å². The Kier molecular flexibility index (Phi) is 5.32. The third-order valence-corrected chi connectivity index (χ3v) is 5.27. The van der Waals surface area contributed by atoms with Crippen LogP contribution in [0.2, 0.25) is 0 Å². The van der Waals surface area contributed by atoms with Crippen molar-refractivity contribution in [3.8, 4) is 11.5 Å². The Morgan fingerprint density at radius 1 is 0.885 bits per heavy atom. The maximum absolute atomic E-state index is 13.0. The molecular weight excluding hydrogens is 350 g/mol. The summed E-state index contributed by atoms with van der Waals surface area (Å²) < 4.78 is 39.8. The number of fused-ring (bicyclic) bond motifs is 1. The Morgan fingerprint density at radius 2 is 1.62 bits per heavy atom. The van der Waals surface area contributed by atoms with Gasteiger partial charge in [0, 0.05) is 11.5 Å². The van der Waals surface area contributed by atoms with Gasteiger partial charge in [-0.3, -0.25) is 4.72 Å². The van der Waals surface area contributed by atoms with E-state index in [-0.39, 0.29) is 4.90 Å². The standard InChI is InChI=1S/C20H21NO4S/c1-3-24-16-12-13-19(25-4-2)18(14-16)21-26(22,23)20-11-7-9-15-8-5-6-10-17(15)20/h5-14,21H,3-4H2,1-2H3. The molecule has 3 aromatic rings. The van der Waals surface area contributed by atoms with Gasteiger partial charge >= 0.3 is 0 Å². The Bertz CT molecular complexity index is 1010. The maximum atomic E-state index is 13.0. The number of hydrogen-bond acceptors (Lipinski definition) is 4. The summed E-state index contributed by atoms with van der Waals surface area (Å²) in [4.78, 5) is 0.222. The van der Waals surface area contributed by atoms with Gasteiger partial charge in [0.1, 0.15) is 11.5 Å². The maximum Gasteiger partial charge on any atom is 0.262 e. The molecule has 0 amide bonds. The Labute approximate surface area is 153 Å². The minimum atomic E-state index is -3.80. The average Bonchev–Trinajstić information content (AvgIpc) is 2.63. The van der Waals surface area contributed by atoms with E-state index in [0.717, 1.165) is 5.39 Å². The zero-order valence-electron chi connectivity index (χ0n) is 14.7. The summed E-state index contributed by atoms with van der Waals surface area (Å²) in [6, 6.07) is 17.7. The highest BCUT2D eigenvalue weighted by atomic mass is 32.2. The fourth-order valence-corrected chi connectivity index (χ4v) is 4.05. The van der Waals surface area contributed by atoms with E-state index in [4.69, 9.17) is 9.47 Å². The van der Waals surface area contributed by atoms with Crippen molar-refractivity contribution < 1.29 is 17.9 Å². The molecule has 0 spiro atoms. The number of sulfonamides is 1. The van der Waals surface area contributed by atoms with Crippen LogP contribution in [0, 0.1) is 0 Å². The molecule has 3 aromatic carbocycles. The molecule has 0 unspecified atom stereocenters. The van der Waals surface area contributed by atoms with E-state index in [2.05, 4.69) is 4.72 Å². The van der Waals surface area contributed by atoms with Gasteiger partial charge in [0.2, 0.25) is 0 Å². The van der Waals surface area contributed by atoms with Gasteiger partial charge in [0.25, 0.3) is 10.0 Å². The van der Waals surface area contributed by atoms with Gasteiger partial charge in [-0.1, -0.05) is 36.4 Å². The highest BCUT2D eigenvalue weighted by molar-refractivity contribution is 7.93. The minimum absolute atomic E-state index is 0.222. The molecule has 5 nitrogen and oxygen atoms in total. The quantitative estimate of drug-likeness (QED) is 0.667. The highest BCUT2D eigenvalue weighted by Crippen LogP contribution is 2.32. The van der Waals surface area contributed by atoms with Gasteiger partial charge in [-0.2, -0.15) is 0 Å². The molecule has 0 aromatic heterocycles. The zero-order valence-corrected chi connectivity index (χ0v) is 15.5. The molecule has 6 heteroatoms. The second kappa shape index (κ2) is 7.66. The number of rotatable bonds is 7. The minimum Gasteiger partial charge on any atom is -0.494 e. The van der Waals surface area contributed by atoms with Gasteiger partial charge in [0.15, 0.2) is 0 Å². The summed E-state index contributed by atoms with van der Waals surface area (Å²) in [6.45, 7) is 4.64. The number of ether oxygens (including phenoxy) is 2. The third-order valence-electron chi connectivity index (χ3n) is 3.85. The van der Waals surface area contributed by atoms with Crippen LogP contribution in [0.3, 0.4) is 0 Å². The number of hydrogen-bond donors (Lipinski definition) is 1. The van der Waals surface area contributed by atoms with Crippen LogP contribution in [-0.2, 0) is 10.0 Å². The topological polar surface area (TPSA) is 64.6 Å². The van der Waals surface area contributed by atoms with Crippen LogP contribution in [0.15, 0.2) is 65.6 Å². The fraction of sp³-hybridized carbons (Fsp3) is 0.200. The number of benzene rings is 3. The summed E-state index contributed by atoms with van der Waals surface area (Å²) in [5, 5.41) is 1.53. The molecule has 0 heterocycles. The van der Waals surface area contributed by atoms with E-state index in [1.165, 1.54) is 0 Å². The molecule has 0 fully saturated rings. The van der Waals surface area contributed by atoms with Crippen molar-refractivity contribution in [3.05, 3.63) is 60.7 Å². The Morgan fingerprint density at radius 3 is 2.38 bits per heavy atom. The molecule has 0 saturated carbocycles. The zero-order chi connectivity index (χ0) is 18.6. The average molecular weight is 371 g/mol. The first-order valence-electron chi connectivity index (χ1n) is 8.45. The van der Waals surface area contributed by atoms with Crippen LogP contribution in [-0.4, -0.2) is 21.6 Å². The molecule has 0 aliphatic rings. The lowest BCUT2D eigenvalue weighted by Crippen LogP contribution is -2.14. The summed E-state index contributed by atoms with van der Waals surface area (Å²) in [6.07, 6.45) is 0. The number of nitrogens with one attached hydrogen (secondary N) is 1. The molecule has 0 aliphatic heterocycles. The molecular formula is C20H21NO4S. The monoisotopic (exact) mass is 371 g/mol. The normalized spacial score (nSPS) is 11.3. The van der Waals surface area contributed by atoms with Crippen LogP contribution in [0.1, 0.15) is 13.8 Å². The fourth-order valence-electron chi connectivity index (χ4n) is 2.76. The van der Waals surface area contributed by atoms with Crippen molar-refractivity contribution >= 4 is 26.5 Å². The van der Waals surface area contributed by atoms with Crippen molar-refractivity contribution in [2.75, 3.05) is 17.9 Å². The predicted molar refractivity (Wildman–Crippen MR) is 104 cm³/mol. The van der Waals surface area contributed by atoms with Crippen LogP contribution in [0.4, 0.5) is 5.69 Å². The van der Waals surface area contributed by atoms with E-state index < -0.39 is 10.0 Å². The third kappa shape index (κ3) is 3.75. The van der Waals surface area contributed by atoms with Crippen molar-refractivity contribution in [2.24, 2.45) is 0 Å². The van der Waals surface area contributed by atoms with Gasteiger partial charge in [-0.15, -0.1) is 0 Å². The first-order valence-corrected chi connectivity index (χ1v) is 9.93. The van der Waals surface area contributed by atoms with Crippen molar-refractivity contribution in [2.45, 2.75) is 18.7 Å². The number of anilines is 1. The van der Waals surface area contributed by atoms with Crippen LogP contribution in [0.5, 0.6) is 11.5 Å². The van der Waals surface area contributed by atoms with E-state index in [1.54, 1.807) is 36.4 Å². The molecule has 3 rings (SSSR count). The molecule has 26 heavy (non-hydrogen) atoms. The van der Waals surface area contributed by atoms with Crippen LogP contribution >= 0.6 is 0 Å². The smallest absolute Gasteiger partial charge is 0.262 e. The molecule has 136 valence electrons. The summed E-state index contributed by atoms with van der Waals surface area (Å²) in [7, 11) is -3.80. The predicted octanol–water partition coefficient (Wildman–Crippen LogP) is 4.44. The Balaban J connectivity index is 2.05. The molecule has 1 N–H and O–H groups in total. The SMILES string of the molecule is CCOc1ccc(OCC)c(NS(=O)(=O)c2cccc3ccccc23)c1. The van der Waals surface area contributed by atoms with Crippen LogP contribution < -0.4 is 14.2 Å². The van der Waals surface area contributed by atoms with Crippen molar-refractivity contribution in [1.29, 1.82) is 0 Å². The summed E-state index contributed by atoms with van der Waals surface area (Å²) >= 11 is 0. The van der Waals surface area contributed by atoms with Gasteiger partial charge < -0.3 is 9.47 Å². The van der Waals surface area contributed by atoms with Crippen molar-refractivity contribution in [1.82, 2.24) is 0 Å². The van der Waals surface area contributed by atoms with Crippen LogP contribution in [0.25, 0.3) is 10.8 Å². The Hall–Kier alpha value is -2.73. The van der Waals surface area contributed by atoms with Gasteiger partial charge in [-0.05, 0) is 37.4 Å². The lowest BCUT2D eigenvalue weighted by molar-refractivity contribution is 0.332. The molecule has 0 aliphatic carbocycles. The second-order valence-electron chi connectivity index (χ2n) is 5.61. The van der Waals surface area contributed by atoms with Gasteiger partial charge in [0.05, 0.1) is 23.8 Å². The first kappa shape index (κ1) is 18.1. The lowest BCUT2D eigenvalue weighted by atomic mass is 10.1. The molecule has 0 bridgehead atoms. The summed E-state index contributed by atoms with van der Waals surface area (Å²) in [5.41, 5.74) is 0.353. The molecule has 0 saturated heterocycles. The highest BCUT2D eigenvalue weighted by Gasteiger charge is 2.19. The van der Waals surface area contributed by atoms with Crippen molar-refractivity contribution in [3.63, 3.8) is 0 Å². The first-order chi connectivity index (χ1) is 12.5. The molecule has 0 atom stereocenters. The van der Waals surface area contributed by atoms with E-state index in [9.17, 15) is 8.42 Å². The second-order valence-corrected chi connectivity index (χ2v) is 7.26. The lowest BCUT2D eigenvalue weighted by Gasteiger charge is -2.15. The van der Waals surface area contributed by atoms with Gasteiger partial charge in [-0.25, -0.2) is 8.42 Å². The summed E-state index contributed by atoms with van der Waals surface area (Å²) in [5.74, 6) is 1.03. The molecule has 0 radical (unpaired) electrons. The largest absolute Gasteiger partial charge is 0.494 e. The van der Waals surface area contributed by atoms with E-state index >= 15 is 0 Å².